The Balaban J connectivity index is 1.73. The highest BCUT2D eigenvalue weighted by molar-refractivity contribution is 6.42. The van der Waals surface area contributed by atoms with Gasteiger partial charge in [0.1, 0.15) is 0 Å². The van der Waals surface area contributed by atoms with Crippen molar-refractivity contribution >= 4 is 23.2 Å². The Morgan fingerprint density at radius 3 is 2.89 bits per heavy atom. The molecule has 1 unspecified atom stereocenters. The molecule has 0 amide bonds. The summed E-state index contributed by atoms with van der Waals surface area (Å²) in [6.45, 7) is 5.20. The van der Waals surface area contributed by atoms with Gasteiger partial charge in [-0.1, -0.05) is 29.3 Å². The molecule has 2 nitrogen and oxygen atoms in total. The summed E-state index contributed by atoms with van der Waals surface area (Å²) in [5.74, 6) is 0. The molecule has 3 fully saturated rings. The lowest BCUT2D eigenvalue weighted by Gasteiger charge is -2.35. The predicted molar refractivity (Wildman–Crippen MR) is 77.1 cm³/mol. The number of nitrogens with zero attached hydrogens (tertiary/aromatic N) is 1. The third-order valence-corrected chi connectivity index (χ3v) is 6.05. The minimum Gasteiger partial charge on any atom is -0.379 e. The lowest BCUT2D eigenvalue weighted by Crippen LogP contribution is -2.42. The van der Waals surface area contributed by atoms with E-state index in [4.69, 9.17) is 27.9 Å². The summed E-state index contributed by atoms with van der Waals surface area (Å²) < 4.78 is 5.85. The van der Waals surface area contributed by atoms with Gasteiger partial charge in [-0.15, -0.1) is 0 Å². The van der Waals surface area contributed by atoms with Crippen LogP contribution >= 0.6 is 23.2 Å². The van der Waals surface area contributed by atoms with Crippen LogP contribution in [0.3, 0.4) is 0 Å². The van der Waals surface area contributed by atoms with Crippen molar-refractivity contribution in [3.8, 4) is 0 Å². The quantitative estimate of drug-likeness (QED) is 0.788. The van der Waals surface area contributed by atoms with Gasteiger partial charge in [-0.3, -0.25) is 0 Å². The number of hydrogen-bond acceptors (Lipinski definition) is 2. The smallest absolute Gasteiger partial charge is 0.0595 e. The Hall–Kier alpha value is -0.280. The van der Waals surface area contributed by atoms with E-state index in [2.05, 4.69) is 17.0 Å². The van der Waals surface area contributed by atoms with Crippen LogP contribution in [0.2, 0.25) is 10.0 Å². The summed E-state index contributed by atoms with van der Waals surface area (Å²) >= 11 is 12.2. The number of fused-ring (bicyclic) bond motifs is 1. The first-order valence-corrected chi connectivity index (χ1v) is 7.67. The summed E-state index contributed by atoms with van der Waals surface area (Å²) in [4.78, 5) is 2.55. The summed E-state index contributed by atoms with van der Waals surface area (Å²) in [7, 11) is 0. The number of ether oxygens (including phenoxy) is 1. The molecular weight excluding hydrogens is 281 g/mol. The van der Waals surface area contributed by atoms with Gasteiger partial charge in [0.2, 0.25) is 0 Å². The van der Waals surface area contributed by atoms with Crippen molar-refractivity contribution < 1.29 is 4.74 Å². The molecule has 1 saturated carbocycles. The van der Waals surface area contributed by atoms with Gasteiger partial charge in [0, 0.05) is 23.9 Å². The van der Waals surface area contributed by atoms with E-state index in [9.17, 15) is 0 Å². The molecule has 1 aromatic carbocycles. The van der Waals surface area contributed by atoms with E-state index in [1.54, 1.807) is 0 Å². The van der Waals surface area contributed by atoms with E-state index < -0.39 is 0 Å². The zero-order chi connectivity index (χ0) is 13.1. The zero-order valence-corrected chi connectivity index (χ0v) is 12.3. The number of halogens is 2. The molecule has 0 N–H and O–H groups in total. The van der Waals surface area contributed by atoms with Crippen molar-refractivity contribution in [2.75, 3.05) is 32.8 Å². The average Bonchev–Trinajstić information content (AvgIpc) is 3.11. The monoisotopic (exact) mass is 297 g/mol. The molecule has 3 atom stereocenters. The summed E-state index contributed by atoms with van der Waals surface area (Å²) in [5, 5.41) is 1.32. The van der Waals surface area contributed by atoms with Crippen molar-refractivity contribution in [2.24, 2.45) is 5.41 Å². The Labute approximate surface area is 123 Å². The Bertz CT molecular complexity index is 531. The van der Waals surface area contributed by atoms with Crippen molar-refractivity contribution in [1.29, 1.82) is 0 Å². The van der Waals surface area contributed by atoms with Crippen LogP contribution in [-0.4, -0.2) is 37.7 Å². The fourth-order valence-corrected chi connectivity index (χ4v) is 4.48. The topological polar surface area (TPSA) is 12.5 Å². The molecule has 1 aliphatic carbocycles. The van der Waals surface area contributed by atoms with Crippen LogP contribution < -0.4 is 0 Å². The van der Waals surface area contributed by atoms with E-state index in [1.807, 2.05) is 6.07 Å². The molecule has 1 spiro atoms. The maximum Gasteiger partial charge on any atom is 0.0595 e. The SMILES string of the molecule is Clc1ccc([C@@]23CCN4CCOC[C@@]2(C4)C3)cc1Cl. The molecule has 0 aromatic heterocycles. The minimum absolute atomic E-state index is 0.280. The molecule has 3 aliphatic rings. The Morgan fingerprint density at radius 1 is 1.16 bits per heavy atom. The largest absolute Gasteiger partial charge is 0.379 e. The lowest BCUT2D eigenvalue weighted by molar-refractivity contribution is 0.102. The molecule has 19 heavy (non-hydrogen) atoms. The molecule has 1 aromatic rings. The van der Waals surface area contributed by atoms with E-state index in [1.165, 1.54) is 31.5 Å². The van der Waals surface area contributed by atoms with Gasteiger partial charge in [-0.05, 0) is 37.1 Å². The first-order valence-electron chi connectivity index (χ1n) is 6.91. The van der Waals surface area contributed by atoms with Crippen molar-refractivity contribution in [3.63, 3.8) is 0 Å². The van der Waals surface area contributed by atoms with Gasteiger partial charge in [0.05, 0.1) is 23.3 Å². The van der Waals surface area contributed by atoms with Gasteiger partial charge in [0.15, 0.2) is 0 Å². The minimum atomic E-state index is 0.280. The van der Waals surface area contributed by atoms with Crippen LogP contribution in [0, 0.1) is 5.41 Å². The van der Waals surface area contributed by atoms with Gasteiger partial charge < -0.3 is 9.64 Å². The highest BCUT2D eigenvalue weighted by atomic mass is 35.5. The van der Waals surface area contributed by atoms with Crippen LogP contribution in [-0.2, 0) is 10.2 Å². The van der Waals surface area contributed by atoms with E-state index >= 15 is 0 Å². The van der Waals surface area contributed by atoms with Crippen molar-refractivity contribution in [2.45, 2.75) is 18.3 Å². The molecule has 4 rings (SSSR count). The Morgan fingerprint density at radius 2 is 2.05 bits per heavy atom. The summed E-state index contributed by atoms with van der Waals surface area (Å²) in [5.41, 5.74) is 1.95. The van der Waals surface area contributed by atoms with Crippen LogP contribution in [0.1, 0.15) is 18.4 Å². The first-order chi connectivity index (χ1) is 9.15. The third-order valence-electron chi connectivity index (χ3n) is 5.31. The third kappa shape index (κ3) is 1.70. The normalized spacial score (nSPS) is 40.4. The standard InChI is InChI=1S/C15H17Cl2NO/c16-12-2-1-11(7-13(12)17)15-3-4-18-5-6-19-10-14(15,8-15)9-18/h1-2,7H,3-6,8-10H2/t14-,15-/m0/s1. The second-order valence-electron chi connectivity index (χ2n) is 6.25. The van der Waals surface area contributed by atoms with Crippen LogP contribution in [0.5, 0.6) is 0 Å². The van der Waals surface area contributed by atoms with Crippen LogP contribution in [0.25, 0.3) is 0 Å². The van der Waals surface area contributed by atoms with Gasteiger partial charge >= 0.3 is 0 Å². The summed E-state index contributed by atoms with van der Waals surface area (Å²) in [6.07, 6.45) is 2.45. The van der Waals surface area contributed by atoms with Gasteiger partial charge in [-0.25, -0.2) is 0 Å². The lowest BCUT2D eigenvalue weighted by atomic mass is 9.81. The molecule has 102 valence electrons. The van der Waals surface area contributed by atoms with Crippen LogP contribution in [0.4, 0.5) is 0 Å². The number of hydrogen-bond donors (Lipinski definition) is 0. The van der Waals surface area contributed by atoms with Gasteiger partial charge in [0.25, 0.3) is 0 Å². The molecule has 2 aliphatic heterocycles. The fourth-order valence-electron chi connectivity index (χ4n) is 4.18. The molecule has 2 heterocycles. The van der Waals surface area contributed by atoms with Gasteiger partial charge in [-0.2, -0.15) is 0 Å². The molecule has 0 radical (unpaired) electrons. The number of benzene rings is 1. The van der Waals surface area contributed by atoms with Crippen molar-refractivity contribution in [3.05, 3.63) is 33.8 Å². The highest BCUT2D eigenvalue weighted by Gasteiger charge is 2.70. The number of piperidine rings is 1. The Kier molecular flexibility index (Phi) is 2.69. The molecule has 2 bridgehead atoms. The second-order valence-corrected chi connectivity index (χ2v) is 7.06. The maximum atomic E-state index is 6.20. The van der Waals surface area contributed by atoms with E-state index in [-0.39, 0.29) is 5.41 Å². The summed E-state index contributed by atoms with van der Waals surface area (Å²) in [6, 6.07) is 6.16. The molecular formula is C15H17Cl2NO. The molecule has 2 saturated heterocycles. The zero-order valence-electron chi connectivity index (χ0n) is 10.8. The fraction of sp³-hybridized carbons (Fsp3) is 0.600. The van der Waals surface area contributed by atoms with Crippen LogP contribution in [0.15, 0.2) is 18.2 Å². The average molecular weight is 298 g/mol. The highest BCUT2D eigenvalue weighted by Crippen LogP contribution is 2.69. The predicted octanol–water partition coefficient (Wildman–Crippen LogP) is 3.36. The number of rotatable bonds is 1. The molecule has 4 heteroatoms. The maximum absolute atomic E-state index is 6.20. The van der Waals surface area contributed by atoms with Crippen molar-refractivity contribution in [1.82, 2.24) is 4.90 Å². The first kappa shape index (κ1) is 12.5. The van der Waals surface area contributed by atoms with E-state index in [0.717, 1.165) is 19.8 Å². The second kappa shape index (κ2) is 4.11. The van der Waals surface area contributed by atoms with E-state index in [0.29, 0.717) is 15.5 Å².